The van der Waals surface area contributed by atoms with E-state index in [2.05, 4.69) is 39.4 Å². The smallest absolute Gasteiger partial charge is 0.0951 e. The molecule has 2 aromatic rings. The summed E-state index contributed by atoms with van der Waals surface area (Å²) in [7, 11) is 3.95. The molecule has 0 radical (unpaired) electrons. The van der Waals surface area contributed by atoms with Gasteiger partial charge in [-0.05, 0) is 50.0 Å². The summed E-state index contributed by atoms with van der Waals surface area (Å²) in [5.74, 6) is 0. The molecule has 0 amide bonds. The van der Waals surface area contributed by atoms with Crippen LogP contribution in [0.15, 0.2) is 35.6 Å². The molecule has 1 aromatic carbocycles. The average Bonchev–Trinajstić information content (AvgIpc) is 2.96. The first-order valence-electron chi connectivity index (χ1n) is 7.99. The molecule has 0 aliphatic heterocycles. The molecule has 1 fully saturated rings. The second-order valence-corrected chi connectivity index (χ2v) is 7.00. The maximum Gasteiger partial charge on any atom is 0.0951 e. The van der Waals surface area contributed by atoms with Crippen molar-refractivity contribution in [1.82, 2.24) is 14.3 Å². The quantitative estimate of drug-likeness (QED) is 0.816. The predicted molar refractivity (Wildman–Crippen MR) is 94.1 cm³/mol. The second-order valence-electron chi connectivity index (χ2n) is 5.92. The fraction of sp³-hybridized carbons (Fsp3) is 0.471. The average molecular weight is 316 g/mol. The maximum absolute atomic E-state index is 4.53. The summed E-state index contributed by atoms with van der Waals surface area (Å²) in [6.07, 6.45) is 10.5. The molecule has 118 valence electrons. The Balaban J connectivity index is 1.89. The van der Waals surface area contributed by atoms with Crippen molar-refractivity contribution < 1.29 is 0 Å². The molecular weight excluding hydrogens is 292 g/mol. The Morgan fingerprint density at radius 1 is 1.23 bits per heavy atom. The van der Waals surface area contributed by atoms with E-state index in [1.54, 1.807) is 11.9 Å². The highest BCUT2D eigenvalue weighted by Gasteiger charge is 2.16. The number of nitrogens with one attached hydrogen (secondary N) is 2. The molecule has 22 heavy (non-hydrogen) atoms. The van der Waals surface area contributed by atoms with E-state index in [1.165, 1.54) is 48.3 Å². The Morgan fingerprint density at radius 2 is 2.05 bits per heavy atom. The van der Waals surface area contributed by atoms with Crippen molar-refractivity contribution in [1.29, 1.82) is 0 Å². The third kappa shape index (κ3) is 3.65. The van der Waals surface area contributed by atoms with Gasteiger partial charge in [0.2, 0.25) is 0 Å². The van der Waals surface area contributed by atoms with Gasteiger partial charge in [-0.15, -0.1) is 0 Å². The van der Waals surface area contributed by atoms with E-state index < -0.39 is 0 Å². The SMILES string of the molecule is CNSc1ccc(NC2CCCCC2)c(-c2cn(C)cn2)c1. The number of hydrogen-bond acceptors (Lipinski definition) is 4. The molecule has 1 aliphatic rings. The van der Waals surface area contributed by atoms with Crippen LogP contribution in [0.2, 0.25) is 0 Å². The van der Waals surface area contributed by atoms with E-state index in [0.717, 1.165) is 5.69 Å². The van der Waals surface area contributed by atoms with Crippen LogP contribution < -0.4 is 10.0 Å². The largest absolute Gasteiger partial charge is 0.382 e. The van der Waals surface area contributed by atoms with Crippen molar-refractivity contribution in [2.75, 3.05) is 12.4 Å². The van der Waals surface area contributed by atoms with E-state index in [4.69, 9.17) is 0 Å². The van der Waals surface area contributed by atoms with E-state index in [9.17, 15) is 0 Å². The first kappa shape index (κ1) is 15.4. The standard InChI is InChI=1S/C17H24N4S/c1-18-22-14-8-9-16(20-13-6-4-3-5-7-13)15(10-14)17-11-21(2)12-19-17/h8-13,18,20H,3-7H2,1-2H3. The summed E-state index contributed by atoms with van der Waals surface area (Å²) < 4.78 is 5.14. The minimum atomic E-state index is 0.596. The molecule has 1 aliphatic carbocycles. The summed E-state index contributed by atoms with van der Waals surface area (Å²) in [6.45, 7) is 0. The minimum absolute atomic E-state index is 0.596. The number of hydrogen-bond donors (Lipinski definition) is 2. The molecule has 2 N–H and O–H groups in total. The molecule has 4 nitrogen and oxygen atoms in total. The lowest BCUT2D eigenvalue weighted by atomic mass is 9.95. The number of aromatic nitrogens is 2. The van der Waals surface area contributed by atoms with Crippen molar-refractivity contribution in [3.05, 3.63) is 30.7 Å². The molecule has 0 bridgehead atoms. The highest BCUT2D eigenvalue weighted by molar-refractivity contribution is 7.97. The number of anilines is 1. The Morgan fingerprint density at radius 3 is 2.73 bits per heavy atom. The second kappa shape index (κ2) is 7.20. The summed E-state index contributed by atoms with van der Waals surface area (Å²) in [4.78, 5) is 5.74. The summed E-state index contributed by atoms with van der Waals surface area (Å²) >= 11 is 1.63. The molecule has 1 heterocycles. The number of aryl methyl sites for hydroxylation is 1. The number of rotatable bonds is 5. The Hall–Kier alpha value is -1.46. The first-order chi connectivity index (χ1) is 10.8. The lowest BCUT2D eigenvalue weighted by Gasteiger charge is -2.25. The fourth-order valence-corrected chi connectivity index (χ4v) is 3.61. The molecule has 0 saturated heterocycles. The van der Waals surface area contributed by atoms with Crippen LogP contribution in [0, 0.1) is 0 Å². The van der Waals surface area contributed by atoms with Crippen molar-refractivity contribution in [3.8, 4) is 11.3 Å². The highest BCUT2D eigenvalue weighted by atomic mass is 32.2. The zero-order valence-electron chi connectivity index (χ0n) is 13.3. The van der Waals surface area contributed by atoms with Gasteiger partial charge in [0, 0.05) is 35.4 Å². The molecule has 1 aromatic heterocycles. The summed E-state index contributed by atoms with van der Waals surface area (Å²) in [5, 5.41) is 3.75. The first-order valence-corrected chi connectivity index (χ1v) is 8.80. The van der Waals surface area contributed by atoms with Crippen LogP contribution in [0.1, 0.15) is 32.1 Å². The molecule has 0 spiro atoms. The predicted octanol–water partition coefficient (Wildman–Crippen LogP) is 4.06. The van der Waals surface area contributed by atoms with Crippen LogP contribution in [0.3, 0.4) is 0 Å². The number of benzene rings is 1. The van der Waals surface area contributed by atoms with Crippen LogP contribution >= 0.6 is 11.9 Å². The fourth-order valence-electron chi connectivity index (χ4n) is 3.06. The number of imidazole rings is 1. The van der Waals surface area contributed by atoms with Crippen molar-refractivity contribution in [2.45, 2.75) is 43.0 Å². The zero-order chi connectivity index (χ0) is 15.4. The normalized spacial score (nSPS) is 15.9. The lowest BCUT2D eigenvalue weighted by molar-refractivity contribution is 0.463. The van der Waals surface area contributed by atoms with Crippen molar-refractivity contribution in [2.24, 2.45) is 7.05 Å². The van der Waals surface area contributed by atoms with Gasteiger partial charge in [-0.25, -0.2) is 4.98 Å². The summed E-state index contributed by atoms with van der Waals surface area (Å²) in [5.41, 5.74) is 3.41. The van der Waals surface area contributed by atoms with Gasteiger partial charge < -0.3 is 9.88 Å². The minimum Gasteiger partial charge on any atom is -0.382 e. The van der Waals surface area contributed by atoms with Crippen LogP contribution in [0.5, 0.6) is 0 Å². The molecule has 0 atom stereocenters. The van der Waals surface area contributed by atoms with E-state index in [1.807, 2.05) is 25.0 Å². The topological polar surface area (TPSA) is 41.9 Å². The molecular formula is C17H24N4S. The van der Waals surface area contributed by atoms with Crippen LogP contribution in [-0.2, 0) is 7.05 Å². The van der Waals surface area contributed by atoms with Crippen LogP contribution in [-0.4, -0.2) is 22.6 Å². The van der Waals surface area contributed by atoms with Gasteiger partial charge in [0.05, 0.1) is 12.0 Å². The third-order valence-electron chi connectivity index (χ3n) is 4.16. The molecule has 1 saturated carbocycles. The van der Waals surface area contributed by atoms with Crippen LogP contribution in [0.25, 0.3) is 11.3 Å². The van der Waals surface area contributed by atoms with Gasteiger partial charge >= 0.3 is 0 Å². The Bertz CT molecular complexity index is 617. The molecule has 5 heteroatoms. The zero-order valence-corrected chi connectivity index (χ0v) is 14.1. The number of nitrogens with zero attached hydrogens (tertiary/aromatic N) is 2. The summed E-state index contributed by atoms with van der Waals surface area (Å²) in [6, 6.07) is 7.17. The van der Waals surface area contributed by atoms with E-state index in [-0.39, 0.29) is 0 Å². The Labute approximate surface area is 136 Å². The van der Waals surface area contributed by atoms with Gasteiger partial charge in [0.15, 0.2) is 0 Å². The van der Waals surface area contributed by atoms with Gasteiger partial charge in [-0.2, -0.15) is 0 Å². The lowest BCUT2D eigenvalue weighted by Crippen LogP contribution is -2.22. The van der Waals surface area contributed by atoms with Gasteiger partial charge in [0.1, 0.15) is 0 Å². The highest BCUT2D eigenvalue weighted by Crippen LogP contribution is 2.32. The monoisotopic (exact) mass is 316 g/mol. The van der Waals surface area contributed by atoms with Crippen LogP contribution in [0.4, 0.5) is 5.69 Å². The van der Waals surface area contributed by atoms with E-state index in [0.29, 0.717) is 6.04 Å². The third-order valence-corrected chi connectivity index (χ3v) is 4.85. The van der Waals surface area contributed by atoms with Gasteiger partial charge in [0.25, 0.3) is 0 Å². The Kier molecular flexibility index (Phi) is 5.05. The molecule has 0 unspecified atom stereocenters. The van der Waals surface area contributed by atoms with Gasteiger partial charge in [-0.3, -0.25) is 4.72 Å². The maximum atomic E-state index is 4.53. The molecule has 3 rings (SSSR count). The van der Waals surface area contributed by atoms with Crippen molar-refractivity contribution in [3.63, 3.8) is 0 Å². The van der Waals surface area contributed by atoms with Crippen molar-refractivity contribution >= 4 is 17.6 Å². The van der Waals surface area contributed by atoms with Gasteiger partial charge in [-0.1, -0.05) is 19.3 Å². The van der Waals surface area contributed by atoms with E-state index >= 15 is 0 Å².